The van der Waals surface area contributed by atoms with Crippen molar-refractivity contribution in [2.75, 3.05) is 11.4 Å². The first-order valence-electron chi connectivity index (χ1n) is 8.95. The van der Waals surface area contributed by atoms with Crippen molar-refractivity contribution >= 4 is 40.0 Å². The number of carbonyl (C=O) groups excluding carboxylic acids is 2. The summed E-state index contributed by atoms with van der Waals surface area (Å²) < 4.78 is 0. The summed E-state index contributed by atoms with van der Waals surface area (Å²) in [4.78, 5) is 29.5. The van der Waals surface area contributed by atoms with E-state index in [4.69, 9.17) is 11.6 Å². The van der Waals surface area contributed by atoms with Crippen LogP contribution in [0.3, 0.4) is 0 Å². The number of aromatic amines is 1. The zero-order valence-electron chi connectivity index (χ0n) is 15.0. The van der Waals surface area contributed by atoms with Gasteiger partial charge in [0.15, 0.2) is 0 Å². The quantitative estimate of drug-likeness (QED) is 0.664. The van der Waals surface area contributed by atoms with Crippen molar-refractivity contribution in [3.63, 3.8) is 0 Å². The molecule has 1 saturated heterocycles. The van der Waals surface area contributed by atoms with Gasteiger partial charge in [0.05, 0.1) is 18.2 Å². The second kappa shape index (κ2) is 7.18. The second-order valence-corrected chi connectivity index (χ2v) is 7.30. The number of aryl methyl sites for hydroxylation is 1. The summed E-state index contributed by atoms with van der Waals surface area (Å²) >= 11 is 6.09. The van der Waals surface area contributed by atoms with Gasteiger partial charge in [0.2, 0.25) is 5.91 Å². The van der Waals surface area contributed by atoms with Crippen LogP contribution in [0.5, 0.6) is 0 Å². The van der Waals surface area contributed by atoms with Gasteiger partial charge in [0.25, 0.3) is 5.91 Å². The van der Waals surface area contributed by atoms with Crippen molar-refractivity contribution in [2.24, 2.45) is 0 Å². The van der Waals surface area contributed by atoms with E-state index in [1.807, 2.05) is 55.6 Å². The summed E-state index contributed by atoms with van der Waals surface area (Å²) in [5.41, 5.74) is 3.89. The maximum atomic E-state index is 12.7. The van der Waals surface area contributed by atoms with E-state index in [2.05, 4.69) is 10.3 Å². The van der Waals surface area contributed by atoms with Gasteiger partial charge in [-0.15, -0.1) is 0 Å². The molecule has 1 fully saturated rings. The van der Waals surface area contributed by atoms with Gasteiger partial charge in [-0.05, 0) is 49.2 Å². The number of aromatic nitrogens is 1. The first-order valence-corrected chi connectivity index (χ1v) is 9.33. The molecule has 1 aliphatic rings. The van der Waals surface area contributed by atoms with Gasteiger partial charge < -0.3 is 10.3 Å². The first-order chi connectivity index (χ1) is 13.0. The average Bonchev–Trinajstić information content (AvgIpc) is 3.17. The number of carbonyl (C=O) groups is 2. The molecule has 5 nitrogen and oxygen atoms in total. The normalized spacial score (nSPS) is 17.3. The third-order valence-electron chi connectivity index (χ3n) is 4.95. The summed E-state index contributed by atoms with van der Waals surface area (Å²) in [5.74, 6) is -0.356. The van der Waals surface area contributed by atoms with Gasteiger partial charge in [0.1, 0.15) is 0 Å². The van der Waals surface area contributed by atoms with Gasteiger partial charge in [-0.2, -0.15) is 0 Å². The van der Waals surface area contributed by atoms with Crippen LogP contribution in [0.15, 0.2) is 48.7 Å². The van der Waals surface area contributed by atoms with E-state index < -0.39 is 6.04 Å². The topological polar surface area (TPSA) is 65.2 Å². The van der Waals surface area contributed by atoms with E-state index in [0.717, 1.165) is 28.5 Å². The fourth-order valence-corrected chi connectivity index (χ4v) is 3.67. The monoisotopic (exact) mass is 381 g/mol. The minimum absolute atomic E-state index is 0.166. The molecule has 1 unspecified atom stereocenters. The first kappa shape index (κ1) is 17.8. The Balaban J connectivity index is 1.41. The lowest BCUT2D eigenvalue weighted by Gasteiger charge is -2.15. The van der Waals surface area contributed by atoms with Crippen LogP contribution in [0.2, 0.25) is 5.02 Å². The number of halogens is 1. The fraction of sp³-hybridized carbons (Fsp3) is 0.238. The van der Waals surface area contributed by atoms with E-state index in [1.54, 1.807) is 0 Å². The van der Waals surface area contributed by atoms with Crippen LogP contribution in [-0.4, -0.2) is 29.4 Å². The molecule has 1 aliphatic heterocycles. The highest BCUT2D eigenvalue weighted by Gasteiger charge is 2.39. The molecular formula is C21H20ClN3O2. The van der Waals surface area contributed by atoms with Crippen LogP contribution in [0, 0.1) is 6.92 Å². The summed E-state index contributed by atoms with van der Waals surface area (Å²) in [7, 11) is 0. The number of amides is 2. The Bertz CT molecular complexity index is 1010. The molecule has 0 aliphatic carbocycles. The maximum Gasteiger partial charge on any atom is 0.251 e. The largest absolute Gasteiger partial charge is 0.361 e. The predicted molar refractivity (Wildman–Crippen MR) is 107 cm³/mol. The van der Waals surface area contributed by atoms with Crippen LogP contribution >= 0.6 is 11.6 Å². The molecule has 0 saturated carbocycles. The molecule has 0 bridgehead atoms. The van der Waals surface area contributed by atoms with Crippen molar-refractivity contribution < 1.29 is 9.59 Å². The van der Waals surface area contributed by atoms with E-state index >= 15 is 0 Å². The smallest absolute Gasteiger partial charge is 0.251 e. The third kappa shape index (κ3) is 3.48. The van der Waals surface area contributed by atoms with Crippen LogP contribution < -0.4 is 10.2 Å². The third-order valence-corrected chi connectivity index (χ3v) is 5.19. The Morgan fingerprint density at radius 2 is 1.96 bits per heavy atom. The molecule has 27 heavy (non-hydrogen) atoms. The summed E-state index contributed by atoms with van der Waals surface area (Å²) in [5, 5.41) is 5.01. The van der Waals surface area contributed by atoms with E-state index in [1.165, 1.54) is 4.90 Å². The lowest BCUT2D eigenvalue weighted by atomic mass is 10.1. The molecule has 0 radical (unpaired) electrons. The lowest BCUT2D eigenvalue weighted by molar-refractivity contribution is -0.121. The van der Waals surface area contributed by atoms with Gasteiger partial charge in [-0.3, -0.25) is 9.59 Å². The molecule has 3 aromatic rings. The number of hydrogen-bond acceptors (Lipinski definition) is 3. The minimum Gasteiger partial charge on any atom is -0.361 e. The number of H-pyrrole nitrogens is 1. The van der Waals surface area contributed by atoms with Gasteiger partial charge in [0, 0.05) is 28.7 Å². The Hall–Kier alpha value is -2.63. The van der Waals surface area contributed by atoms with Crippen molar-refractivity contribution in [1.82, 2.24) is 10.3 Å². The molecule has 2 amide bonds. The standard InChI is InChI=1S/C21H20ClN3O2/c1-13-2-5-16(6-3-13)25-20(26)11-19(21(25)27)23-9-8-14-12-24-18-7-4-15(22)10-17(14)18/h2-7,10,12,19,23-24H,8-9,11H2,1H3. The van der Waals surface area contributed by atoms with Crippen molar-refractivity contribution in [2.45, 2.75) is 25.8 Å². The zero-order valence-corrected chi connectivity index (χ0v) is 15.7. The molecule has 4 rings (SSSR count). The van der Waals surface area contributed by atoms with E-state index in [-0.39, 0.29) is 18.2 Å². The Labute approximate surface area is 162 Å². The number of imide groups is 1. The van der Waals surface area contributed by atoms with Gasteiger partial charge in [-0.25, -0.2) is 4.90 Å². The number of anilines is 1. The molecule has 1 atom stereocenters. The van der Waals surface area contributed by atoms with E-state index in [0.29, 0.717) is 17.3 Å². The predicted octanol–water partition coefficient (Wildman–Crippen LogP) is 3.59. The second-order valence-electron chi connectivity index (χ2n) is 6.87. The van der Waals surface area contributed by atoms with Crippen LogP contribution in [0.1, 0.15) is 17.5 Å². The molecule has 2 heterocycles. The highest BCUT2D eigenvalue weighted by Crippen LogP contribution is 2.24. The SMILES string of the molecule is Cc1ccc(N2C(=O)CC(NCCc3c[nH]c4ccc(Cl)cc34)C2=O)cc1. The molecule has 138 valence electrons. The number of fused-ring (bicyclic) bond motifs is 1. The molecule has 2 aromatic carbocycles. The summed E-state index contributed by atoms with van der Waals surface area (Å²) in [6.07, 6.45) is 2.89. The zero-order chi connectivity index (χ0) is 19.0. The Morgan fingerprint density at radius 1 is 1.19 bits per heavy atom. The maximum absolute atomic E-state index is 12.7. The van der Waals surface area contributed by atoms with Gasteiger partial charge >= 0.3 is 0 Å². The highest BCUT2D eigenvalue weighted by molar-refractivity contribution is 6.31. The van der Waals surface area contributed by atoms with Crippen molar-refractivity contribution in [3.8, 4) is 0 Å². The molecule has 2 N–H and O–H groups in total. The van der Waals surface area contributed by atoms with Gasteiger partial charge in [-0.1, -0.05) is 29.3 Å². The van der Waals surface area contributed by atoms with E-state index in [9.17, 15) is 9.59 Å². The number of benzene rings is 2. The number of rotatable bonds is 5. The minimum atomic E-state index is -0.479. The highest BCUT2D eigenvalue weighted by atomic mass is 35.5. The number of nitrogens with one attached hydrogen (secondary N) is 2. The average molecular weight is 382 g/mol. The number of nitrogens with zero attached hydrogens (tertiary/aromatic N) is 1. The summed E-state index contributed by atoms with van der Waals surface area (Å²) in [6, 6.07) is 12.7. The molecule has 1 aromatic heterocycles. The number of hydrogen-bond donors (Lipinski definition) is 2. The van der Waals surface area contributed by atoms with Crippen molar-refractivity contribution in [3.05, 3.63) is 64.8 Å². The molecule has 0 spiro atoms. The van der Waals surface area contributed by atoms with Crippen LogP contribution in [0.25, 0.3) is 10.9 Å². The molecule has 6 heteroatoms. The lowest BCUT2D eigenvalue weighted by Crippen LogP contribution is -2.39. The fourth-order valence-electron chi connectivity index (χ4n) is 3.50. The molecular weight excluding hydrogens is 362 g/mol. The van der Waals surface area contributed by atoms with Crippen LogP contribution in [-0.2, 0) is 16.0 Å². The Morgan fingerprint density at radius 3 is 2.74 bits per heavy atom. The Kier molecular flexibility index (Phi) is 4.72. The summed E-state index contributed by atoms with van der Waals surface area (Å²) in [6.45, 7) is 2.57. The van der Waals surface area contributed by atoms with Crippen LogP contribution in [0.4, 0.5) is 5.69 Å². The van der Waals surface area contributed by atoms with Crippen molar-refractivity contribution in [1.29, 1.82) is 0 Å².